The molecule has 4 nitrogen and oxygen atoms in total. The maximum absolute atomic E-state index is 13.3. The predicted molar refractivity (Wildman–Crippen MR) is 125 cm³/mol. The van der Waals surface area contributed by atoms with Gasteiger partial charge in [0.25, 0.3) is 11.8 Å². The Morgan fingerprint density at radius 3 is 2.50 bits per heavy atom. The Morgan fingerprint density at radius 1 is 0.967 bits per heavy atom. The molecule has 2 amide bonds. The van der Waals surface area contributed by atoms with Gasteiger partial charge in [0.2, 0.25) is 0 Å². The Kier molecular flexibility index (Phi) is 6.46. The van der Waals surface area contributed by atoms with Gasteiger partial charge >= 0.3 is 0 Å². The Hall–Kier alpha value is -2.29. The van der Waals surface area contributed by atoms with Crippen LogP contribution in [-0.2, 0) is 0 Å². The van der Waals surface area contributed by atoms with Crippen molar-refractivity contribution in [2.24, 2.45) is 0 Å². The van der Waals surface area contributed by atoms with E-state index in [1.165, 1.54) is 35.1 Å². The number of benzene rings is 2. The Morgan fingerprint density at radius 2 is 1.73 bits per heavy atom. The van der Waals surface area contributed by atoms with E-state index < -0.39 is 11.7 Å². The van der Waals surface area contributed by atoms with E-state index in [-0.39, 0.29) is 11.5 Å². The first-order valence-corrected chi connectivity index (χ1v) is 12.2. The first-order chi connectivity index (χ1) is 14.5. The largest absolute Gasteiger partial charge is 0.321 e. The van der Waals surface area contributed by atoms with Gasteiger partial charge in [-0.15, -0.1) is 34.9 Å². The maximum atomic E-state index is 13.3. The van der Waals surface area contributed by atoms with E-state index >= 15 is 0 Å². The molecule has 1 fully saturated rings. The van der Waals surface area contributed by atoms with E-state index in [4.69, 9.17) is 0 Å². The molecule has 2 aromatic carbocycles. The van der Waals surface area contributed by atoms with Gasteiger partial charge in [-0.2, -0.15) is 0 Å². The molecule has 2 N–H and O–H groups in total. The highest BCUT2D eigenvalue weighted by atomic mass is 32.2. The summed E-state index contributed by atoms with van der Waals surface area (Å²) in [7, 11) is 0. The highest BCUT2D eigenvalue weighted by Gasteiger charge is 2.20. The summed E-state index contributed by atoms with van der Waals surface area (Å²) < 4.78 is 13.8. The average molecular weight is 459 g/mol. The molecule has 3 aromatic rings. The van der Waals surface area contributed by atoms with E-state index in [2.05, 4.69) is 16.7 Å². The standard InChI is InChI=1S/C22H19FN2O2S3/c1-13-10-18(25-20(26)14-4-2-6-16(23)11-14)30-19(13)21(27)24-17-7-3-5-15(12-17)22-28-8-9-29-22/h2-7,10-12,22H,8-9H2,1H3,(H,24,27)(H,25,26). The van der Waals surface area contributed by atoms with E-state index in [0.29, 0.717) is 14.5 Å². The molecule has 0 spiro atoms. The van der Waals surface area contributed by atoms with Crippen molar-refractivity contribution in [1.29, 1.82) is 0 Å². The quantitative estimate of drug-likeness (QED) is 0.479. The zero-order valence-electron chi connectivity index (χ0n) is 16.1. The predicted octanol–water partition coefficient (Wildman–Crippen LogP) is 6.18. The van der Waals surface area contributed by atoms with Gasteiger partial charge in [-0.1, -0.05) is 18.2 Å². The van der Waals surface area contributed by atoms with E-state index in [1.807, 2.05) is 48.6 Å². The molecule has 154 valence electrons. The average Bonchev–Trinajstić information content (AvgIpc) is 3.38. The molecule has 0 bridgehead atoms. The normalized spacial score (nSPS) is 13.9. The minimum atomic E-state index is -0.471. The van der Waals surface area contributed by atoms with Crippen LogP contribution < -0.4 is 10.6 Å². The Labute approximate surface area is 186 Å². The van der Waals surface area contributed by atoms with Crippen molar-refractivity contribution in [1.82, 2.24) is 0 Å². The molecular formula is C22H19FN2O2S3. The minimum Gasteiger partial charge on any atom is -0.321 e. The van der Waals surface area contributed by atoms with Crippen LogP contribution in [0.25, 0.3) is 0 Å². The molecule has 2 heterocycles. The summed E-state index contributed by atoms with van der Waals surface area (Å²) in [5.74, 6) is 1.19. The van der Waals surface area contributed by atoms with Crippen LogP contribution in [-0.4, -0.2) is 23.3 Å². The Bertz CT molecular complexity index is 1090. The lowest BCUT2D eigenvalue weighted by molar-refractivity contribution is 0.101. The topological polar surface area (TPSA) is 58.2 Å². The molecule has 1 saturated heterocycles. The van der Waals surface area contributed by atoms with Gasteiger partial charge in [0.05, 0.1) is 14.5 Å². The fourth-order valence-electron chi connectivity index (χ4n) is 3.08. The van der Waals surface area contributed by atoms with Crippen molar-refractivity contribution in [2.45, 2.75) is 11.5 Å². The van der Waals surface area contributed by atoms with Crippen LogP contribution in [0.1, 0.15) is 35.7 Å². The highest BCUT2D eigenvalue weighted by Crippen LogP contribution is 2.45. The first kappa shape index (κ1) is 21.0. The number of amides is 2. The minimum absolute atomic E-state index is 0.215. The van der Waals surface area contributed by atoms with Crippen LogP contribution in [0.4, 0.5) is 15.1 Å². The van der Waals surface area contributed by atoms with Crippen LogP contribution in [0.5, 0.6) is 0 Å². The second-order valence-electron chi connectivity index (χ2n) is 6.74. The zero-order chi connectivity index (χ0) is 21.1. The maximum Gasteiger partial charge on any atom is 0.266 e. The third-order valence-electron chi connectivity index (χ3n) is 4.49. The number of rotatable bonds is 5. The molecule has 0 saturated carbocycles. The zero-order valence-corrected chi connectivity index (χ0v) is 18.6. The van der Waals surface area contributed by atoms with Crippen molar-refractivity contribution in [3.63, 3.8) is 0 Å². The van der Waals surface area contributed by atoms with Gasteiger partial charge in [0, 0.05) is 22.8 Å². The second-order valence-corrected chi connectivity index (χ2v) is 10.5. The summed E-state index contributed by atoms with van der Waals surface area (Å²) in [6.07, 6.45) is 0. The fraction of sp³-hybridized carbons (Fsp3) is 0.182. The summed E-state index contributed by atoms with van der Waals surface area (Å²) in [4.78, 5) is 25.7. The smallest absolute Gasteiger partial charge is 0.266 e. The molecule has 4 rings (SSSR count). The van der Waals surface area contributed by atoms with Crippen LogP contribution in [0, 0.1) is 12.7 Å². The number of thiophene rings is 1. The number of carbonyl (C=O) groups is 2. The summed E-state index contributed by atoms with van der Waals surface area (Å²) in [6, 6.07) is 15.2. The van der Waals surface area contributed by atoms with Crippen LogP contribution in [0.15, 0.2) is 54.6 Å². The highest BCUT2D eigenvalue weighted by molar-refractivity contribution is 8.19. The van der Waals surface area contributed by atoms with Gasteiger partial charge in [-0.25, -0.2) is 4.39 Å². The molecular weight excluding hydrogens is 439 g/mol. The van der Waals surface area contributed by atoms with Gasteiger partial charge in [-0.3, -0.25) is 9.59 Å². The third-order valence-corrected chi connectivity index (χ3v) is 8.74. The number of hydrogen-bond acceptors (Lipinski definition) is 5. The lowest BCUT2D eigenvalue weighted by Crippen LogP contribution is -2.12. The monoisotopic (exact) mass is 458 g/mol. The summed E-state index contributed by atoms with van der Waals surface area (Å²) >= 11 is 5.03. The molecule has 0 atom stereocenters. The van der Waals surface area contributed by atoms with Gasteiger partial charge in [-0.05, 0) is 54.4 Å². The lowest BCUT2D eigenvalue weighted by Gasteiger charge is -2.11. The number of anilines is 2. The van der Waals surface area contributed by atoms with Crippen LogP contribution in [0.2, 0.25) is 0 Å². The van der Waals surface area contributed by atoms with E-state index in [1.54, 1.807) is 12.1 Å². The second kappa shape index (κ2) is 9.24. The number of nitrogens with one attached hydrogen (secondary N) is 2. The molecule has 1 aromatic heterocycles. The number of hydrogen-bond donors (Lipinski definition) is 2. The lowest BCUT2D eigenvalue weighted by atomic mass is 10.2. The third kappa shape index (κ3) is 4.88. The van der Waals surface area contributed by atoms with Crippen molar-refractivity contribution < 1.29 is 14.0 Å². The molecule has 1 aliphatic rings. The number of thioether (sulfide) groups is 2. The number of aryl methyl sites for hydroxylation is 1. The van der Waals surface area contributed by atoms with E-state index in [9.17, 15) is 14.0 Å². The van der Waals surface area contributed by atoms with Gasteiger partial charge < -0.3 is 10.6 Å². The molecule has 30 heavy (non-hydrogen) atoms. The summed E-state index contributed by atoms with van der Waals surface area (Å²) in [6.45, 7) is 1.82. The van der Waals surface area contributed by atoms with Crippen LogP contribution in [0.3, 0.4) is 0 Å². The fourth-order valence-corrected chi connectivity index (χ4v) is 6.89. The summed E-state index contributed by atoms with van der Waals surface area (Å²) in [5, 5.41) is 6.24. The SMILES string of the molecule is Cc1cc(NC(=O)c2cccc(F)c2)sc1C(=O)Nc1cccc(C2SCCS2)c1. The van der Waals surface area contributed by atoms with E-state index in [0.717, 1.165) is 22.8 Å². The van der Waals surface area contributed by atoms with Crippen molar-refractivity contribution >= 4 is 57.4 Å². The van der Waals surface area contributed by atoms with Crippen molar-refractivity contribution in [3.05, 3.63) is 82.0 Å². The summed E-state index contributed by atoms with van der Waals surface area (Å²) in [5.41, 5.74) is 2.95. The molecule has 0 unspecified atom stereocenters. The van der Waals surface area contributed by atoms with Crippen molar-refractivity contribution in [2.75, 3.05) is 22.1 Å². The number of carbonyl (C=O) groups excluding carboxylic acids is 2. The van der Waals surface area contributed by atoms with Crippen molar-refractivity contribution in [3.8, 4) is 0 Å². The van der Waals surface area contributed by atoms with Gasteiger partial charge in [0.15, 0.2) is 0 Å². The Balaban J connectivity index is 1.45. The number of halogens is 1. The molecule has 0 radical (unpaired) electrons. The van der Waals surface area contributed by atoms with Crippen LogP contribution >= 0.6 is 34.9 Å². The molecule has 8 heteroatoms. The first-order valence-electron chi connectivity index (χ1n) is 9.31. The van der Waals surface area contributed by atoms with Gasteiger partial charge in [0.1, 0.15) is 5.82 Å². The molecule has 1 aliphatic heterocycles. The molecule has 0 aliphatic carbocycles.